The summed E-state index contributed by atoms with van der Waals surface area (Å²) in [5.41, 5.74) is -1.78. The summed E-state index contributed by atoms with van der Waals surface area (Å²) in [6, 6.07) is 4.01. The summed E-state index contributed by atoms with van der Waals surface area (Å²) in [6.45, 7) is 0. The first-order valence-electron chi connectivity index (χ1n) is 3.92. The van der Waals surface area contributed by atoms with Gasteiger partial charge < -0.3 is 0 Å². The molecule has 1 nitrogen and oxygen atoms in total. The highest BCUT2D eigenvalue weighted by molar-refractivity contribution is 7.78. The van der Waals surface area contributed by atoms with Crippen LogP contribution in [0.3, 0.4) is 0 Å². The number of halogens is 5. The highest BCUT2D eigenvalue weighted by Crippen LogP contribution is 2.46. The lowest BCUT2D eigenvalue weighted by molar-refractivity contribution is -0.289. The molecule has 0 fully saturated rings. The Hall–Kier alpha value is -1.33. The lowest BCUT2D eigenvalue weighted by Crippen LogP contribution is -2.33. The van der Waals surface area contributed by atoms with Crippen LogP contribution < -0.4 is 0 Å². The number of para-hydroxylation sites is 1. The van der Waals surface area contributed by atoms with E-state index in [2.05, 4.69) is 17.2 Å². The van der Waals surface area contributed by atoms with Crippen LogP contribution >= 0.6 is 12.2 Å². The quantitative estimate of drug-likeness (QED) is 0.439. The van der Waals surface area contributed by atoms with Crippen LogP contribution in [-0.4, -0.2) is 11.3 Å². The van der Waals surface area contributed by atoms with Crippen molar-refractivity contribution in [3.05, 3.63) is 29.8 Å². The molecule has 86 valence electrons. The van der Waals surface area contributed by atoms with Crippen molar-refractivity contribution in [1.82, 2.24) is 0 Å². The second-order valence-corrected chi connectivity index (χ2v) is 2.97. The molecule has 0 aliphatic carbocycles. The number of aliphatic imine (C=N–C) groups is 1. The molecule has 0 aromatic heterocycles. The largest absolute Gasteiger partial charge is 0.458 e. The molecule has 1 rings (SSSR count). The fourth-order valence-corrected chi connectivity index (χ4v) is 1.14. The standard InChI is InChI=1S/C9H4F5NS/c10-8(11,9(12,13)14)6-3-1-2-4-7(6)15-5-16/h1-4H. The molecule has 0 unspecified atom stereocenters. The minimum absolute atomic E-state index is 0.542. The first-order chi connectivity index (χ1) is 7.30. The first-order valence-corrected chi connectivity index (χ1v) is 4.33. The van der Waals surface area contributed by atoms with Gasteiger partial charge in [0.25, 0.3) is 0 Å². The van der Waals surface area contributed by atoms with Crippen molar-refractivity contribution in [1.29, 1.82) is 0 Å². The number of isothiocyanates is 1. The highest BCUT2D eigenvalue weighted by Gasteiger charge is 2.59. The summed E-state index contributed by atoms with van der Waals surface area (Å²) in [7, 11) is 0. The van der Waals surface area contributed by atoms with Crippen molar-refractivity contribution in [2.24, 2.45) is 4.99 Å². The third-order valence-electron chi connectivity index (χ3n) is 1.76. The Morgan fingerprint density at radius 1 is 1.06 bits per heavy atom. The van der Waals surface area contributed by atoms with Crippen LogP contribution in [0.25, 0.3) is 0 Å². The van der Waals surface area contributed by atoms with Gasteiger partial charge in [-0.15, -0.1) is 0 Å². The molecule has 0 saturated carbocycles. The van der Waals surface area contributed by atoms with Gasteiger partial charge in [-0.2, -0.15) is 26.9 Å². The van der Waals surface area contributed by atoms with Gasteiger partial charge in [0.15, 0.2) is 0 Å². The topological polar surface area (TPSA) is 12.4 Å². The number of hydrogen-bond donors (Lipinski definition) is 0. The lowest BCUT2D eigenvalue weighted by atomic mass is 10.1. The average Bonchev–Trinajstić information content (AvgIpc) is 2.17. The Labute approximate surface area is 92.6 Å². The highest BCUT2D eigenvalue weighted by atomic mass is 32.1. The molecule has 1 aromatic rings. The van der Waals surface area contributed by atoms with E-state index in [0.717, 1.165) is 12.1 Å². The zero-order chi connectivity index (χ0) is 12.4. The number of alkyl halides is 5. The fourth-order valence-electron chi connectivity index (χ4n) is 1.04. The van der Waals surface area contributed by atoms with Crippen molar-refractivity contribution >= 4 is 23.1 Å². The minimum atomic E-state index is -5.67. The molecular weight excluding hydrogens is 249 g/mol. The van der Waals surface area contributed by atoms with Crippen LogP contribution in [0.5, 0.6) is 0 Å². The normalized spacial score (nSPS) is 12.1. The fraction of sp³-hybridized carbons (Fsp3) is 0.222. The van der Waals surface area contributed by atoms with E-state index in [-0.39, 0.29) is 0 Å². The second kappa shape index (κ2) is 4.27. The van der Waals surface area contributed by atoms with E-state index in [1.165, 1.54) is 6.07 Å². The van der Waals surface area contributed by atoms with Gasteiger partial charge in [0, 0.05) is 0 Å². The van der Waals surface area contributed by atoms with Crippen LogP contribution in [0.15, 0.2) is 29.3 Å². The summed E-state index contributed by atoms with van der Waals surface area (Å²) in [5.74, 6) is -4.96. The van der Waals surface area contributed by atoms with Crippen molar-refractivity contribution in [3.63, 3.8) is 0 Å². The molecule has 0 spiro atoms. The smallest absolute Gasteiger partial charge is 0.194 e. The molecule has 0 atom stereocenters. The molecule has 7 heteroatoms. The van der Waals surface area contributed by atoms with E-state index in [1.54, 1.807) is 5.16 Å². The Balaban J connectivity index is 3.38. The van der Waals surface area contributed by atoms with Crippen LogP contribution in [0, 0.1) is 0 Å². The van der Waals surface area contributed by atoms with Crippen LogP contribution in [-0.2, 0) is 5.92 Å². The number of thiocarbonyl (C=S) groups is 1. The summed E-state index contributed by atoms with van der Waals surface area (Å²) in [5, 5.41) is 1.76. The Kier molecular flexibility index (Phi) is 3.40. The maximum Gasteiger partial charge on any atom is 0.458 e. The van der Waals surface area contributed by atoms with E-state index in [4.69, 9.17) is 0 Å². The maximum atomic E-state index is 13.0. The van der Waals surface area contributed by atoms with Crippen molar-refractivity contribution < 1.29 is 22.0 Å². The molecule has 0 N–H and O–H groups in total. The number of rotatable bonds is 2. The summed E-state index contributed by atoms with van der Waals surface area (Å²) >= 11 is 4.17. The number of nitrogens with zero attached hydrogens (tertiary/aromatic N) is 1. The predicted molar refractivity (Wildman–Crippen MR) is 51.1 cm³/mol. The Morgan fingerprint density at radius 2 is 1.62 bits per heavy atom. The molecule has 0 aliphatic heterocycles. The van der Waals surface area contributed by atoms with E-state index in [1.807, 2.05) is 0 Å². The van der Waals surface area contributed by atoms with Gasteiger partial charge in [0.1, 0.15) is 0 Å². The van der Waals surface area contributed by atoms with E-state index in [9.17, 15) is 22.0 Å². The van der Waals surface area contributed by atoms with Crippen molar-refractivity contribution in [2.45, 2.75) is 12.1 Å². The van der Waals surface area contributed by atoms with E-state index in [0.29, 0.717) is 6.07 Å². The second-order valence-electron chi connectivity index (χ2n) is 2.79. The van der Waals surface area contributed by atoms with Crippen LogP contribution in [0.2, 0.25) is 0 Å². The van der Waals surface area contributed by atoms with Crippen LogP contribution in [0.1, 0.15) is 5.56 Å². The van der Waals surface area contributed by atoms with Crippen molar-refractivity contribution in [3.8, 4) is 0 Å². The first kappa shape index (κ1) is 12.7. The molecule has 0 heterocycles. The molecule has 1 aromatic carbocycles. The predicted octanol–water partition coefficient (Wildman–Crippen LogP) is 4.08. The molecule has 0 amide bonds. The van der Waals surface area contributed by atoms with Gasteiger partial charge in [-0.1, -0.05) is 18.2 Å². The summed E-state index contributed by atoms with van der Waals surface area (Å²) in [4.78, 5) is 3.17. The number of benzene rings is 1. The molecular formula is C9H4F5NS. The van der Waals surface area contributed by atoms with Gasteiger partial charge in [-0.25, -0.2) is 0 Å². The monoisotopic (exact) mass is 253 g/mol. The van der Waals surface area contributed by atoms with E-state index >= 15 is 0 Å². The Bertz CT molecular complexity index is 434. The molecule has 16 heavy (non-hydrogen) atoms. The molecule has 0 radical (unpaired) electrons. The number of hydrogen-bond acceptors (Lipinski definition) is 2. The van der Waals surface area contributed by atoms with Gasteiger partial charge in [0.05, 0.1) is 16.4 Å². The average molecular weight is 253 g/mol. The third-order valence-corrected chi connectivity index (χ3v) is 1.86. The minimum Gasteiger partial charge on any atom is -0.194 e. The summed E-state index contributed by atoms with van der Waals surface area (Å²) in [6.07, 6.45) is -5.67. The lowest BCUT2D eigenvalue weighted by Gasteiger charge is -2.20. The van der Waals surface area contributed by atoms with E-state index < -0.39 is 23.3 Å². The Morgan fingerprint density at radius 3 is 2.12 bits per heavy atom. The maximum absolute atomic E-state index is 13.0. The summed E-state index contributed by atoms with van der Waals surface area (Å²) < 4.78 is 62.3. The third kappa shape index (κ3) is 2.25. The zero-order valence-electron chi connectivity index (χ0n) is 7.55. The van der Waals surface area contributed by atoms with Gasteiger partial charge in [-0.05, 0) is 18.3 Å². The molecule has 0 bridgehead atoms. The zero-order valence-corrected chi connectivity index (χ0v) is 8.37. The van der Waals surface area contributed by atoms with Gasteiger partial charge >= 0.3 is 12.1 Å². The van der Waals surface area contributed by atoms with Crippen molar-refractivity contribution in [2.75, 3.05) is 0 Å². The van der Waals surface area contributed by atoms with Crippen LogP contribution in [0.4, 0.5) is 27.6 Å². The molecule has 0 saturated heterocycles. The SMILES string of the molecule is FC(F)(F)C(F)(F)c1ccccc1N=C=S. The molecule has 0 aliphatic rings. The van der Waals surface area contributed by atoms with Gasteiger partial charge in [0.2, 0.25) is 0 Å². The van der Waals surface area contributed by atoms with Gasteiger partial charge in [-0.3, -0.25) is 0 Å².